The van der Waals surface area contributed by atoms with Crippen molar-refractivity contribution in [1.82, 2.24) is 5.32 Å². The molecule has 1 rings (SSSR count). The lowest BCUT2D eigenvalue weighted by atomic mass is 10.0. The number of benzene rings is 1. The molecule has 0 aliphatic heterocycles. The lowest BCUT2D eigenvalue weighted by Gasteiger charge is -2.32. The van der Waals surface area contributed by atoms with E-state index in [-0.39, 0.29) is 17.9 Å². The summed E-state index contributed by atoms with van der Waals surface area (Å²) in [5, 5.41) is 3.35. The van der Waals surface area contributed by atoms with Gasteiger partial charge in [-0.3, -0.25) is 0 Å². The van der Waals surface area contributed by atoms with Gasteiger partial charge in [0.2, 0.25) is 0 Å². The van der Waals surface area contributed by atoms with Crippen molar-refractivity contribution in [3.05, 3.63) is 29.6 Å². The summed E-state index contributed by atoms with van der Waals surface area (Å²) in [6, 6.07) is 5.63. The molecule has 20 heavy (non-hydrogen) atoms. The smallest absolute Gasteiger partial charge is 0.146 e. The standard InChI is InChI=1S/C16H27FN2O/c1-6-18-13(4)14-8-7-9-15(17)16(14)19(12(2)3)10-11-20-5/h7-9,12-13,18H,6,10-11H2,1-5H3. The van der Waals surface area contributed by atoms with E-state index in [0.717, 1.165) is 12.1 Å². The van der Waals surface area contributed by atoms with Crippen LogP contribution in [-0.2, 0) is 4.74 Å². The van der Waals surface area contributed by atoms with Gasteiger partial charge in [-0.2, -0.15) is 0 Å². The summed E-state index contributed by atoms with van der Waals surface area (Å²) in [7, 11) is 1.67. The molecule has 0 radical (unpaired) electrons. The Kier molecular flexibility index (Phi) is 6.96. The average molecular weight is 282 g/mol. The molecule has 3 nitrogen and oxygen atoms in total. The summed E-state index contributed by atoms with van der Waals surface area (Å²) in [5.41, 5.74) is 1.68. The molecule has 114 valence electrons. The van der Waals surface area contributed by atoms with Gasteiger partial charge in [-0.1, -0.05) is 19.1 Å². The van der Waals surface area contributed by atoms with Crippen LogP contribution in [0.2, 0.25) is 0 Å². The number of anilines is 1. The quantitative estimate of drug-likeness (QED) is 0.791. The van der Waals surface area contributed by atoms with Crippen molar-refractivity contribution in [3.8, 4) is 0 Å². The molecule has 0 aliphatic carbocycles. The van der Waals surface area contributed by atoms with E-state index in [9.17, 15) is 4.39 Å². The van der Waals surface area contributed by atoms with Gasteiger partial charge in [0.1, 0.15) is 5.82 Å². The van der Waals surface area contributed by atoms with Gasteiger partial charge in [0.25, 0.3) is 0 Å². The lowest BCUT2D eigenvalue weighted by molar-refractivity contribution is 0.203. The molecule has 0 aromatic heterocycles. The number of nitrogens with one attached hydrogen (secondary N) is 1. The maximum atomic E-state index is 14.4. The summed E-state index contributed by atoms with van der Waals surface area (Å²) in [4.78, 5) is 2.07. The van der Waals surface area contributed by atoms with E-state index in [0.29, 0.717) is 18.8 Å². The monoisotopic (exact) mass is 282 g/mol. The third-order valence-corrected chi connectivity index (χ3v) is 3.44. The molecule has 0 bridgehead atoms. The molecule has 1 atom stereocenters. The Hall–Kier alpha value is -1.13. The normalized spacial score (nSPS) is 12.8. The summed E-state index contributed by atoms with van der Waals surface area (Å²) >= 11 is 0. The Morgan fingerprint density at radius 2 is 2.00 bits per heavy atom. The van der Waals surface area contributed by atoms with Crippen LogP contribution in [0.5, 0.6) is 0 Å². The molecule has 0 amide bonds. The molecule has 0 spiro atoms. The molecule has 0 heterocycles. The van der Waals surface area contributed by atoms with Crippen molar-refractivity contribution in [2.75, 3.05) is 31.7 Å². The Morgan fingerprint density at radius 3 is 2.55 bits per heavy atom. The first-order valence-electron chi connectivity index (χ1n) is 7.30. The summed E-state index contributed by atoms with van der Waals surface area (Å²) in [5.74, 6) is -0.169. The number of ether oxygens (including phenoxy) is 1. The summed E-state index contributed by atoms with van der Waals surface area (Å²) in [6.45, 7) is 10.4. The Bertz CT molecular complexity index is 409. The van der Waals surface area contributed by atoms with E-state index in [1.165, 1.54) is 6.07 Å². The van der Waals surface area contributed by atoms with Gasteiger partial charge in [-0.15, -0.1) is 0 Å². The van der Waals surface area contributed by atoms with Crippen LogP contribution in [0.1, 0.15) is 39.3 Å². The van der Waals surface area contributed by atoms with Crippen LogP contribution in [0, 0.1) is 5.82 Å². The molecule has 0 fully saturated rings. The van der Waals surface area contributed by atoms with Crippen molar-refractivity contribution < 1.29 is 9.13 Å². The highest BCUT2D eigenvalue weighted by molar-refractivity contribution is 5.56. The summed E-state index contributed by atoms with van der Waals surface area (Å²) < 4.78 is 19.5. The van der Waals surface area contributed by atoms with Crippen molar-refractivity contribution >= 4 is 5.69 Å². The van der Waals surface area contributed by atoms with Crippen molar-refractivity contribution in [2.45, 2.75) is 39.8 Å². The highest BCUT2D eigenvalue weighted by atomic mass is 19.1. The average Bonchev–Trinajstić information content (AvgIpc) is 2.40. The van der Waals surface area contributed by atoms with Gasteiger partial charge in [-0.25, -0.2) is 4.39 Å². The first kappa shape index (κ1) is 16.9. The molecule has 1 aromatic rings. The molecule has 0 aliphatic rings. The molecule has 1 unspecified atom stereocenters. The van der Waals surface area contributed by atoms with Crippen LogP contribution in [0.4, 0.5) is 10.1 Å². The number of methoxy groups -OCH3 is 1. The van der Waals surface area contributed by atoms with Crippen LogP contribution in [0.15, 0.2) is 18.2 Å². The summed E-state index contributed by atoms with van der Waals surface area (Å²) in [6.07, 6.45) is 0. The third-order valence-electron chi connectivity index (χ3n) is 3.44. The van der Waals surface area contributed by atoms with Gasteiger partial charge >= 0.3 is 0 Å². The fourth-order valence-corrected chi connectivity index (χ4v) is 2.42. The van der Waals surface area contributed by atoms with E-state index in [1.807, 2.05) is 6.07 Å². The highest BCUT2D eigenvalue weighted by Crippen LogP contribution is 2.30. The molecule has 4 heteroatoms. The van der Waals surface area contributed by atoms with Gasteiger partial charge in [0.15, 0.2) is 0 Å². The van der Waals surface area contributed by atoms with Crippen molar-refractivity contribution in [3.63, 3.8) is 0 Å². The van der Waals surface area contributed by atoms with Gasteiger partial charge in [0.05, 0.1) is 12.3 Å². The number of hydrogen-bond acceptors (Lipinski definition) is 3. The first-order valence-corrected chi connectivity index (χ1v) is 7.30. The SMILES string of the molecule is CCNC(C)c1cccc(F)c1N(CCOC)C(C)C. The molecule has 0 saturated heterocycles. The van der Waals surface area contributed by atoms with E-state index < -0.39 is 0 Å². The van der Waals surface area contributed by atoms with Crippen LogP contribution < -0.4 is 10.2 Å². The van der Waals surface area contributed by atoms with Crippen LogP contribution in [0.3, 0.4) is 0 Å². The Labute approximate surface area is 122 Å². The lowest BCUT2D eigenvalue weighted by Crippen LogP contribution is -2.36. The van der Waals surface area contributed by atoms with E-state index in [4.69, 9.17) is 4.74 Å². The number of halogens is 1. The van der Waals surface area contributed by atoms with Gasteiger partial charge in [0, 0.05) is 25.7 Å². The zero-order chi connectivity index (χ0) is 15.1. The van der Waals surface area contributed by atoms with Crippen LogP contribution in [-0.4, -0.2) is 32.8 Å². The zero-order valence-electron chi connectivity index (χ0n) is 13.2. The Balaban J connectivity index is 3.17. The second-order valence-corrected chi connectivity index (χ2v) is 5.24. The van der Waals surface area contributed by atoms with Crippen LogP contribution in [0.25, 0.3) is 0 Å². The minimum Gasteiger partial charge on any atom is -0.383 e. The molecule has 1 aromatic carbocycles. The minimum atomic E-state index is -0.169. The minimum absolute atomic E-state index is 0.120. The van der Waals surface area contributed by atoms with Crippen LogP contribution >= 0.6 is 0 Å². The van der Waals surface area contributed by atoms with E-state index in [1.54, 1.807) is 13.2 Å². The van der Waals surface area contributed by atoms with E-state index in [2.05, 4.69) is 37.9 Å². The fourth-order valence-electron chi connectivity index (χ4n) is 2.42. The van der Waals surface area contributed by atoms with Crippen molar-refractivity contribution in [1.29, 1.82) is 0 Å². The number of nitrogens with zero attached hydrogens (tertiary/aromatic N) is 1. The Morgan fingerprint density at radius 1 is 1.30 bits per heavy atom. The van der Waals surface area contributed by atoms with Crippen molar-refractivity contribution in [2.24, 2.45) is 0 Å². The van der Waals surface area contributed by atoms with Gasteiger partial charge < -0.3 is 15.0 Å². The number of rotatable bonds is 8. The molecular weight excluding hydrogens is 255 g/mol. The predicted octanol–water partition coefficient (Wildman–Crippen LogP) is 3.36. The second kappa shape index (κ2) is 8.22. The van der Waals surface area contributed by atoms with Gasteiger partial charge in [-0.05, 0) is 38.9 Å². The maximum Gasteiger partial charge on any atom is 0.146 e. The maximum absolute atomic E-state index is 14.4. The third kappa shape index (κ3) is 4.18. The second-order valence-electron chi connectivity index (χ2n) is 5.24. The van der Waals surface area contributed by atoms with E-state index >= 15 is 0 Å². The number of hydrogen-bond donors (Lipinski definition) is 1. The molecule has 1 N–H and O–H groups in total. The first-order chi connectivity index (χ1) is 9.52. The largest absolute Gasteiger partial charge is 0.383 e. The highest BCUT2D eigenvalue weighted by Gasteiger charge is 2.21. The number of para-hydroxylation sites is 1. The zero-order valence-corrected chi connectivity index (χ0v) is 13.2. The predicted molar refractivity (Wildman–Crippen MR) is 82.8 cm³/mol. The molecular formula is C16H27FN2O. The fraction of sp³-hybridized carbons (Fsp3) is 0.625. The molecule has 0 saturated carbocycles. The topological polar surface area (TPSA) is 24.5 Å².